The van der Waals surface area contributed by atoms with E-state index in [1.54, 1.807) is 13.1 Å². The van der Waals surface area contributed by atoms with E-state index in [1.165, 1.54) is 29.5 Å². The molecule has 1 fully saturated rings. The topological polar surface area (TPSA) is 75.9 Å². The second-order valence-corrected chi connectivity index (χ2v) is 7.29. The van der Waals surface area contributed by atoms with Crippen LogP contribution < -0.4 is 15.8 Å². The fourth-order valence-corrected chi connectivity index (χ4v) is 3.96. The summed E-state index contributed by atoms with van der Waals surface area (Å²) in [6.07, 6.45) is 8.10. The molecule has 0 radical (unpaired) electrons. The lowest BCUT2D eigenvalue weighted by atomic mass is 9.97. The summed E-state index contributed by atoms with van der Waals surface area (Å²) in [4.78, 5) is 13.9. The summed E-state index contributed by atoms with van der Waals surface area (Å²) < 4.78 is 1.41. The van der Waals surface area contributed by atoms with Crippen molar-refractivity contribution in [3.05, 3.63) is 39.8 Å². The first-order valence-corrected chi connectivity index (χ1v) is 9.61. The summed E-state index contributed by atoms with van der Waals surface area (Å²) in [6, 6.07) is 5.93. The smallest absolute Gasteiger partial charge is 0.266 e. The molecule has 1 saturated heterocycles. The van der Waals surface area contributed by atoms with Crippen LogP contribution in [0.4, 0.5) is 11.6 Å². The Morgan fingerprint density at radius 2 is 2.04 bits per heavy atom. The van der Waals surface area contributed by atoms with Gasteiger partial charge in [0.05, 0.1) is 5.69 Å². The first kappa shape index (κ1) is 17.0. The van der Waals surface area contributed by atoms with Crippen LogP contribution in [0.5, 0.6) is 0 Å². The van der Waals surface area contributed by atoms with Gasteiger partial charge in [-0.25, -0.2) is 4.68 Å². The van der Waals surface area contributed by atoms with Gasteiger partial charge in [-0.3, -0.25) is 4.79 Å². The van der Waals surface area contributed by atoms with E-state index in [0.717, 1.165) is 56.1 Å². The Morgan fingerprint density at radius 3 is 2.92 bits per heavy atom. The molecule has 26 heavy (non-hydrogen) atoms. The van der Waals surface area contributed by atoms with E-state index >= 15 is 0 Å². The maximum atomic E-state index is 11.6. The maximum Gasteiger partial charge on any atom is 0.266 e. The minimum absolute atomic E-state index is 0.0789. The summed E-state index contributed by atoms with van der Waals surface area (Å²) in [6.45, 7) is 1.77. The number of fused-ring (bicyclic) bond motifs is 1. The highest BCUT2D eigenvalue weighted by molar-refractivity contribution is 5.42. The molecular formula is C19H26N6O. The lowest BCUT2D eigenvalue weighted by Crippen LogP contribution is -2.45. The van der Waals surface area contributed by atoms with Gasteiger partial charge in [-0.2, -0.15) is 10.2 Å². The van der Waals surface area contributed by atoms with Crippen LogP contribution in [0.2, 0.25) is 0 Å². The summed E-state index contributed by atoms with van der Waals surface area (Å²) in [7, 11) is 1.70. The van der Waals surface area contributed by atoms with E-state index in [0.29, 0.717) is 6.04 Å². The zero-order valence-electron chi connectivity index (χ0n) is 15.3. The van der Waals surface area contributed by atoms with Crippen LogP contribution in [0, 0.1) is 0 Å². The molecule has 2 aromatic heterocycles. The highest BCUT2D eigenvalue weighted by atomic mass is 16.1. The second kappa shape index (κ2) is 7.43. The Hall–Kier alpha value is -2.44. The van der Waals surface area contributed by atoms with Crippen molar-refractivity contribution in [3.8, 4) is 0 Å². The van der Waals surface area contributed by atoms with Crippen LogP contribution in [0.1, 0.15) is 43.4 Å². The van der Waals surface area contributed by atoms with Gasteiger partial charge >= 0.3 is 0 Å². The van der Waals surface area contributed by atoms with Gasteiger partial charge in [0, 0.05) is 32.2 Å². The SMILES string of the molecule is Cn1nc(N2CCCCC2CNc2cc3c(nn2)CCCC3)ccc1=O. The van der Waals surface area contributed by atoms with Crippen LogP contribution >= 0.6 is 0 Å². The molecule has 7 heteroatoms. The molecule has 1 aliphatic carbocycles. The summed E-state index contributed by atoms with van der Waals surface area (Å²) in [5, 5.41) is 16.7. The fourth-order valence-electron chi connectivity index (χ4n) is 3.96. The van der Waals surface area contributed by atoms with Gasteiger partial charge in [0.25, 0.3) is 5.56 Å². The number of hydrogen-bond donors (Lipinski definition) is 1. The monoisotopic (exact) mass is 354 g/mol. The second-order valence-electron chi connectivity index (χ2n) is 7.29. The minimum Gasteiger partial charge on any atom is -0.367 e. The third-order valence-corrected chi connectivity index (χ3v) is 5.46. The first-order chi connectivity index (χ1) is 12.7. The maximum absolute atomic E-state index is 11.6. The molecule has 2 aliphatic rings. The van der Waals surface area contributed by atoms with E-state index in [4.69, 9.17) is 0 Å². The van der Waals surface area contributed by atoms with E-state index in [-0.39, 0.29) is 5.56 Å². The quantitative estimate of drug-likeness (QED) is 0.904. The molecule has 7 nitrogen and oxygen atoms in total. The summed E-state index contributed by atoms with van der Waals surface area (Å²) in [5.74, 6) is 1.74. The van der Waals surface area contributed by atoms with E-state index in [2.05, 4.69) is 31.6 Å². The van der Waals surface area contributed by atoms with Crippen LogP contribution in [-0.4, -0.2) is 39.1 Å². The van der Waals surface area contributed by atoms with Gasteiger partial charge in [0.15, 0.2) is 0 Å². The van der Waals surface area contributed by atoms with Gasteiger partial charge in [-0.05, 0) is 62.6 Å². The zero-order chi connectivity index (χ0) is 17.9. The highest BCUT2D eigenvalue weighted by Crippen LogP contribution is 2.24. The normalized spacial score (nSPS) is 19.9. The average molecular weight is 354 g/mol. The number of nitrogens with one attached hydrogen (secondary N) is 1. The largest absolute Gasteiger partial charge is 0.367 e. The molecule has 0 saturated carbocycles. The Morgan fingerprint density at radius 1 is 1.15 bits per heavy atom. The molecule has 0 aromatic carbocycles. The van der Waals surface area contributed by atoms with E-state index < -0.39 is 0 Å². The number of anilines is 2. The van der Waals surface area contributed by atoms with Gasteiger partial charge in [-0.15, -0.1) is 5.10 Å². The van der Waals surface area contributed by atoms with Crippen molar-refractivity contribution in [1.29, 1.82) is 0 Å². The van der Waals surface area contributed by atoms with Gasteiger partial charge in [0.2, 0.25) is 0 Å². The predicted octanol–water partition coefficient (Wildman–Crippen LogP) is 1.92. The Kier molecular flexibility index (Phi) is 4.86. The van der Waals surface area contributed by atoms with Gasteiger partial charge < -0.3 is 10.2 Å². The number of rotatable bonds is 4. The Balaban J connectivity index is 1.47. The minimum atomic E-state index is -0.0789. The van der Waals surface area contributed by atoms with Crippen molar-refractivity contribution in [2.45, 2.75) is 51.0 Å². The number of nitrogens with zero attached hydrogens (tertiary/aromatic N) is 5. The molecule has 0 amide bonds. The van der Waals surface area contributed by atoms with Crippen molar-refractivity contribution in [2.24, 2.45) is 7.05 Å². The van der Waals surface area contributed by atoms with Crippen LogP contribution in [0.25, 0.3) is 0 Å². The molecule has 0 spiro atoms. The lowest BCUT2D eigenvalue weighted by molar-refractivity contribution is 0.464. The third kappa shape index (κ3) is 3.57. The molecule has 1 N–H and O–H groups in total. The molecule has 138 valence electrons. The number of aromatic nitrogens is 4. The standard InChI is InChI=1S/C19H26N6O/c1-24-19(26)10-9-18(23-24)25-11-5-4-7-15(25)13-20-17-12-14-6-2-3-8-16(14)21-22-17/h9-10,12,15H,2-8,11,13H2,1H3,(H,20,22). The molecule has 1 atom stereocenters. The summed E-state index contributed by atoms with van der Waals surface area (Å²) >= 11 is 0. The summed E-state index contributed by atoms with van der Waals surface area (Å²) in [5.41, 5.74) is 2.43. The van der Waals surface area contributed by atoms with E-state index in [9.17, 15) is 4.79 Å². The molecule has 2 aromatic rings. The molecular weight excluding hydrogens is 328 g/mol. The average Bonchev–Trinajstić information content (AvgIpc) is 2.68. The molecule has 1 aliphatic heterocycles. The fraction of sp³-hybridized carbons (Fsp3) is 0.579. The molecule has 1 unspecified atom stereocenters. The molecule has 4 rings (SSSR count). The number of aryl methyl sites for hydroxylation is 3. The van der Waals surface area contributed by atoms with E-state index in [1.807, 2.05) is 6.07 Å². The van der Waals surface area contributed by atoms with Gasteiger partial charge in [-0.1, -0.05) is 0 Å². The predicted molar refractivity (Wildman–Crippen MR) is 102 cm³/mol. The Bertz CT molecular complexity index is 833. The van der Waals surface area contributed by atoms with Crippen molar-refractivity contribution in [3.63, 3.8) is 0 Å². The Labute approximate surface area is 153 Å². The van der Waals surface area contributed by atoms with Crippen LogP contribution in [0.3, 0.4) is 0 Å². The number of piperidine rings is 1. The van der Waals surface area contributed by atoms with Crippen LogP contribution in [0.15, 0.2) is 23.0 Å². The van der Waals surface area contributed by atoms with Crippen molar-refractivity contribution in [2.75, 3.05) is 23.3 Å². The first-order valence-electron chi connectivity index (χ1n) is 9.61. The molecule has 3 heterocycles. The number of hydrogen-bond acceptors (Lipinski definition) is 6. The van der Waals surface area contributed by atoms with Crippen molar-refractivity contribution >= 4 is 11.6 Å². The third-order valence-electron chi connectivity index (χ3n) is 5.46. The van der Waals surface area contributed by atoms with Crippen molar-refractivity contribution < 1.29 is 0 Å². The lowest BCUT2D eigenvalue weighted by Gasteiger charge is -2.36. The zero-order valence-corrected chi connectivity index (χ0v) is 15.3. The highest BCUT2D eigenvalue weighted by Gasteiger charge is 2.24. The molecule has 0 bridgehead atoms. The van der Waals surface area contributed by atoms with Crippen LogP contribution in [-0.2, 0) is 19.9 Å². The van der Waals surface area contributed by atoms with Crippen molar-refractivity contribution in [1.82, 2.24) is 20.0 Å². The van der Waals surface area contributed by atoms with Gasteiger partial charge in [0.1, 0.15) is 11.6 Å².